The van der Waals surface area contributed by atoms with Crippen LogP contribution in [0.1, 0.15) is 17.9 Å². The summed E-state index contributed by atoms with van der Waals surface area (Å²) in [5, 5.41) is 20.8. The van der Waals surface area contributed by atoms with E-state index in [0.29, 0.717) is 11.7 Å². The maximum Gasteiger partial charge on any atom is 0.304 e. The van der Waals surface area contributed by atoms with Gasteiger partial charge in [0.1, 0.15) is 0 Å². The number of tetrazole rings is 1. The third-order valence-corrected chi connectivity index (χ3v) is 3.91. The largest absolute Gasteiger partial charge is 0.481 e. The fraction of sp³-hybridized carbons (Fsp3) is 0.308. The van der Waals surface area contributed by atoms with Gasteiger partial charge in [0.2, 0.25) is 11.1 Å². The average Bonchev–Trinajstić information content (AvgIpc) is 2.92. The number of carbonyl (C=O) groups is 2. The number of carbonyl (C=O) groups excluding carboxylic acids is 1. The summed E-state index contributed by atoms with van der Waals surface area (Å²) in [5.74, 6) is -1.57. The van der Waals surface area contributed by atoms with Crippen molar-refractivity contribution in [2.24, 2.45) is 5.73 Å². The van der Waals surface area contributed by atoms with Crippen LogP contribution in [0.4, 0.5) is 0 Å². The Kier molecular flexibility index (Phi) is 5.48. The van der Waals surface area contributed by atoms with Crippen LogP contribution in [0.3, 0.4) is 0 Å². The minimum absolute atomic E-state index is 0.0379. The molecule has 1 amide bonds. The molecule has 22 heavy (non-hydrogen) atoms. The normalized spacial score (nSPS) is 12.0. The van der Waals surface area contributed by atoms with Crippen molar-refractivity contribution in [3.05, 3.63) is 35.9 Å². The van der Waals surface area contributed by atoms with Gasteiger partial charge in [0.25, 0.3) is 0 Å². The maximum absolute atomic E-state index is 11.1. The molecule has 8 nitrogen and oxygen atoms in total. The number of nitrogens with two attached hydrogens (primary N) is 1. The van der Waals surface area contributed by atoms with E-state index in [1.54, 1.807) is 0 Å². The van der Waals surface area contributed by atoms with Crippen molar-refractivity contribution in [2.45, 2.75) is 24.0 Å². The van der Waals surface area contributed by atoms with Gasteiger partial charge in [-0.25, -0.2) is 4.68 Å². The van der Waals surface area contributed by atoms with Crippen LogP contribution in [0.5, 0.6) is 0 Å². The van der Waals surface area contributed by atoms with E-state index in [2.05, 4.69) is 15.5 Å². The molecule has 0 unspecified atom stereocenters. The lowest BCUT2D eigenvalue weighted by Gasteiger charge is -2.15. The van der Waals surface area contributed by atoms with Crippen LogP contribution in [0.15, 0.2) is 35.5 Å². The molecule has 1 aromatic heterocycles. The molecule has 2 rings (SSSR count). The molecule has 0 fully saturated rings. The van der Waals surface area contributed by atoms with Crippen LogP contribution in [0, 0.1) is 0 Å². The summed E-state index contributed by atoms with van der Waals surface area (Å²) in [5.41, 5.74) is 6.00. The molecular weight excluding hydrogens is 306 g/mol. The Morgan fingerprint density at radius 2 is 2.05 bits per heavy atom. The van der Waals surface area contributed by atoms with Gasteiger partial charge in [0.05, 0.1) is 18.7 Å². The third-order valence-electron chi connectivity index (χ3n) is 2.93. The van der Waals surface area contributed by atoms with Gasteiger partial charge < -0.3 is 10.8 Å². The second-order valence-corrected chi connectivity index (χ2v) is 5.55. The summed E-state index contributed by atoms with van der Waals surface area (Å²) in [6, 6.07) is 9.31. The van der Waals surface area contributed by atoms with Gasteiger partial charge in [-0.2, -0.15) is 0 Å². The molecule has 1 heterocycles. The van der Waals surface area contributed by atoms with Crippen molar-refractivity contribution in [3.8, 4) is 0 Å². The van der Waals surface area contributed by atoms with Crippen molar-refractivity contribution in [1.29, 1.82) is 0 Å². The number of aromatic nitrogens is 4. The predicted octanol–water partition coefficient (Wildman–Crippen LogP) is 0.509. The van der Waals surface area contributed by atoms with Crippen LogP contribution in [0.2, 0.25) is 0 Å². The van der Waals surface area contributed by atoms with E-state index in [-0.39, 0.29) is 18.1 Å². The van der Waals surface area contributed by atoms with Crippen molar-refractivity contribution in [3.63, 3.8) is 0 Å². The van der Waals surface area contributed by atoms with Gasteiger partial charge >= 0.3 is 5.97 Å². The molecule has 1 aromatic carbocycles. The van der Waals surface area contributed by atoms with Gasteiger partial charge in [0, 0.05) is 5.92 Å². The average molecular weight is 321 g/mol. The first-order valence-electron chi connectivity index (χ1n) is 6.50. The predicted molar refractivity (Wildman–Crippen MR) is 79.2 cm³/mol. The minimum Gasteiger partial charge on any atom is -0.481 e. The van der Waals surface area contributed by atoms with E-state index in [4.69, 9.17) is 10.8 Å². The molecule has 0 aliphatic carbocycles. The molecule has 1 atom stereocenters. The number of nitrogens with zero attached hydrogens (tertiary/aromatic N) is 4. The molecule has 0 aliphatic heterocycles. The van der Waals surface area contributed by atoms with E-state index in [9.17, 15) is 9.59 Å². The molecular formula is C13H15N5O3S. The van der Waals surface area contributed by atoms with E-state index >= 15 is 0 Å². The second kappa shape index (κ2) is 7.55. The third kappa shape index (κ3) is 4.55. The summed E-state index contributed by atoms with van der Waals surface area (Å²) in [7, 11) is 0. The summed E-state index contributed by atoms with van der Waals surface area (Å²) < 4.78 is 1.49. The molecule has 0 saturated heterocycles. The lowest BCUT2D eigenvalue weighted by molar-refractivity contribution is -0.137. The molecule has 116 valence electrons. The first-order valence-corrected chi connectivity index (χ1v) is 7.49. The smallest absolute Gasteiger partial charge is 0.304 e. The number of primary amides is 1. The standard InChI is InChI=1S/C13H15N5O3S/c14-11(19)8-22-13-15-16-17-18(13)7-10(6-12(20)21)9-4-2-1-3-5-9/h1-5,10H,6-8H2,(H2,14,19)(H,20,21)/t10-/m0/s1. The topological polar surface area (TPSA) is 124 Å². The fourth-order valence-electron chi connectivity index (χ4n) is 1.98. The number of hydrogen-bond donors (Lipinski definition) is 2. The molecule has 0 saturated carbocycles. The summed E-state index contributed by atoms with van der Waals surface area (Å²) in [6.45, 7) is 0.310. The quantitative estimate of drug-likeness (QED) is 0.679. The fourth-order valence-corrected chi connectivity index (χ4v) is 2.61. The number of benzene rings is 1. The monoisotopic (exact) mass is 321 g/mol. The van der Waals surface area contributed by atoms with E-state index in [0.717, 1.165) is 17.3 Å². The lowest BCUT2D eigenvalue weighted by atomic mass is 9.96. The highest BCUT2D eigenvalue weighted by Crippen LogP contribution is 2.23. The molecule has 0 spiro atoms. The number of carboxylic acid groups (broad SMARTS) is 1. The van der Waals surface area contributed by atoms with Crippen LogP contribution in [0.25, 0.3) is 0 Å². The first-order chi connectivity index (χ1) is 10.6. The van der Waals surface area contributed by atoms with Crippen molar-refractivity contribution in [2.75, 3.05) is 5.75 Å². The molecule has 2 aromatic rings. The number of thioether (sulfide) groups is 1. The van der Waals surface area contributed by atoms with E-state index in [1.165, 1.54) is 4.68 Å². The number of rotatable bonds is 8. The molecule has 0 aliphatic rings. The van der Waals surface area contributed by atoms with Crippen molar-refractivity contribution < 1.29 is 14.7 Å². The van der Waals surface area contributed by atoms with Gasteiger partial charge in [0.15, 0.2) is 0 Å². The second-order valence-electron chi connectivity index (χ2n) is 4.60. The Balaban J connectivity index is 2.15. The van der Waals surface area contributed by atoms with Gasteiger partial charge in [-0.1, -0.05) is 42.1 Å². The number of amides is 1. The summed E-state index contributed by atoms with van der Waals surface area (Å²) >= 11 is 1.12. The molecule has 0 radical (unpaired) electrons. The molecule has 0 bridgehead atoms. The summed E-state index contributed by atoms with van der Waals surface area (Å²) in [6.07, 6.45) is -0.0379. The number of carboxylic acids is 1. The maximum atomic E-state index is 11.1. The highest BCUT2D eigenvalue weighted by atomic mass is 32.2. The Labute approximate surface area is 130 Å². The van der Waals surface area contributed by atoms with Gasteiger partial charge in [-0.05, 0) is 16.0 Å². The number of aliphatic carboxylic acids is 1. The van der Waals surface area contributed by atoms with E-state index in [1.807, 2.05) is 30.3 Å². The minimum atomic E-state index is -0.895. The first kappa shape index (κ1) is 16.0. The SMILES string of the molecule is NC(=O)CSc1nnnn1C[C@H](CC(=O)O)c1ccccc1. The highest BCUT2D eigenvalue weighted by Gasteiger charge is 2.19. The van der Waals surface area contributed by atoms with E-state index < -0.39 is 11.9 Å². The van der Waals surface area contributed by atoms with Crippen LogP contribution in [-0.4, -0.2) is 42.9 Å². The lowest BCUT2D eigenvalue weighted by Crippen LogP contribution is -2.17. The Bertz CT molecular complexity index is 646. The number of hydrogen-bond acceptors (Lipinski definition) is 6. The zero-order valence-corrected chi connectivity index (χ0v) is 12.4. The van der Waals surface area contributed by atoms with Crippen molar-refractivity contribution in [1.82, 2.24) is 20.2 Å². The van der Waals surface area contributed by atoms with Gasteiger partial charge in [-0.3, -0.25) is 9.59 Å². The Morgan fingerprint density at radius 3 is 2.68 bits per heavy atom. The molecule has 9 heteroatoms. The summed E-state index contributed by atoms with van der Waals surface area (Å²) in [4.78, 5) is 21.9. The van der Waals surface area contributed by atoms with Crippen LogP contribution in [-0.2, 0) is 16.1 Å². The zero-order chi connectivity index (χ0) is 15.9. The van der Waals surface area contributed by atoms with Crippen LogP contribution < -0.4 is 5.73 Å². The van der Waals surface area contributed by atoms with Gasteiger partial charge in [-0.15, -0.1) is 5.10 Å². The van der Waals surface area contributed by atoms with Crippen LogP contribution >= 0.6 is 11.8 Å². The Hall–Kier alpha value is -2.42. The highest BCUT2D eigenvalue weighted by molar-refractivity contribution is 7.99. The molecule has 3 N–H and O–H groups in total. The zero-order valence-electron chi connectivity index (χ0n) is 11.6. The van der Waals surface area contributed by atoms with Crippen molar-refractivity contribution >= 4 is 23.6 Å². The Morgan fingerprint density at radius 1 is 1.32 bits per heavy atom.